The number of rotatable bonds is 7. The van der Waals surface area contributed by atoms with E-state index in [-0.39, 0.29) is 11.9 Å². The molecule has 0 bridgehead atoms. The number of amides is 1. The predicted molar refractivity (Wildman–Crippen MR) is 101 cm³/mol. The molecule has 0 fully saturated rings. The van der Waals surface area contributed by atoms with Crippen molar-refractivity contribution in [2.45, 2.75) is 13.0 Å². The monoisotopic (exact) mass is 340 g/mol. The normalized spacial score (nSPS) is 11.0. The summed E-state index contributed by atoms with van der Waals surface area (Å²) in [6.45, 7) is 0.918. The molecule has 0 unspecified atom stereocenters. The molecule has 0 spiro atoms. The maximum atomic E-state index is 12.1. The number of guanidine groups is 1. The minimum Gasteiger partial charge on any atom is -0.497 e. The van der Waals surface area contributed by atoms with Gasteiger partial charge < -0.3 is 20.7 Å². The molecule has 0 aliphatic carbocycles. The molecule has 0 aromatic heterocycles. The summed E-state index contributed by atoms with van der Waals surface area (Å²) in [5.74, 6) is 1.03. The van der Waals surface area contributed by atoms with E-state index in [0.29, 0.717) is 19.5 Å². The highest BCUT2D eigenvalue weighted by Gasteiger charge is 2.08. The van der Waals surface area contributed by atoms with Crippen LogP contribution in [-0.4, -0.2) is 37.5 Å². The summed E-state index contributed by atoms with van der Waals surface area (Å²) in [7, 11) is 3.39. The fourth-order valence-corrected chi connectivity index (χ4v) is 2.30. The Morgan fingerprint density at radius 2 is 1.96 bits per heavy atom. The number of carbonyl (C=O) groups is 1. The SMILES string of the molecule is COc1cccc(NC(N)=NCCC(=O)N(C)Cc2ccccc2)c1. The zero-order chi connectivity index (χ0) is 18.1. The lowest BCUT2D eigenvalue weighted by Gasteiger charge is -2.16. The third-order valence-electron chi connectivity index (χ3n) is 3.64. The molecule has 0 heterocycles. The Kier molecular flexibility index (Phi) is 6.83. The van der Waals surface area contributed by atoms with E-state index in [2.05, 4.69) is 10.3 Å². The van der Waals surface area contributed by atoms with Crippen LogP contribution in [0.3, 0.4) is 0 Å². The first kappa shape index (κ1) is 18.3. The van der Waals surface area contributed by atoms with Crippen molar-refractivity contribution in [1.29, 1.82) is 0 Å². The fraction of sp³-hybridized carbons (Fsp3) is 0.263. The standard InChI is InChI=1S/C19H24N4O2/c1-23(14-15-7-4-3-5-8-15)18(24)11-12-21-19(20)22-16-9-6-10-17(13-16)25-2/h3-10,13H,11-12,14H2,1-2H3,(H3,20,21,22). The molecule has 6 heteroatoms. The molecule has 2 aromatic carbocycles. The highest BCUT2D eigenvalue weighted by atomic mass is 16.5. The van der Waals surface area contributed by atoms with Gasteiger partial charge in [-0.25, -0.2) is 0 Å². The average molecular weight is 340 g/mol. The van der Waals surface area contributed by atoms with Gasteiger partial charge in [0.05, 0.1) is 13.7 Å². The smallest absolute Gasteiger partial charge is 0.224 e. The molecule has 0 aliphatic heterocycles. The summed E-state index contributed by atoms with van der Waals surface area (Å²) < 4.78 is 5.15. The van der Waals surface area contributed by atoms with Crippen molar-refractivity contribution in [1.82, 2.24) is 4.90 Å². The third kappa shape index (κ3) is 6.18. The summed E-state index contributed by atoms with van der Waals surface area (Å²) in [6, 6.07) is 17.3. The molecule has 25 heavy (non-hydrogen) atoms. The molecule has 0 radical (unpaired) electrons. The second-order valence-corrected chi connectivity index (χ2v) is 5.61. The van der Waals surface area contributed by atoms with Crippen LogP contribution in [0.2, 0.25) is 0 Å². The predicted octanol–water partition coefficient (Wildman–Crippen LogP) is 2.47. The quantitative estimate of drug-likeness (QED) is 0.599. The molecule has 132 valence electrons. The second-order valence-electron chi connectivity index (χ2n) is 5.61. The van der Waals surface area contributed by atoms with Gasteiger partial charge in [-0.15, -0.1) is 0 Å². The van der Waals surface area contributed by atoms with Gasteiger partial charge in [-0.05, 0) is 17.7 Å². The van der Waals surface area contributed by atoms with E-state index in [1.807, 2.05) is 54.6 Å². The van der Waals surface area contributed by atoms with Crippen LogP contribution < -0.4 is 15.8 Å². The molecule has 3 N–H and O–H groups in total. The summed E-state index contributed by atoms with van der Waals surface area (Å²) in [4.78, 5) is 18.0. The minimum absolute atomic E-state index is 0.0294. The van der Waals surface area contributed by atoms with Crippen LogP contribution in [0.4, 0.5) is 5.69 Å². The zero-order valence-electron chi connectivity index (χ0n) is 14.6. The van der Waals surface area contributed by atoms with Gasteiger partial charge in [-0.3, -0.25) is 9.79 Å². The lowest BCUT2D eigenvalue weighted by atomic mass is 10.2. The highest BCUT2D eigenvalue weighted by Crippen LogP contribution is 2.16. The van der Waals surface area contributed by atoms with E-state index in [1.165, 1.54) is 0 Å². The van der Waals surface area contributed by atoms with Crippen molar-refractivity contribution >= 4 is 17.6 Å². The molecule has 0 saturated heterocycles. The molecular formula is C19H24N4O2. The summed E-state index contributed by atoms with van der Waals surface area (Å²) in [5, 5.41) is 2.98. The van der Waals surface area contributed by atoms with Crippen molar-refractivity contribution in [3.8, 4) is 5.75 Å². The summed E-state index contributed by atoms with van der Waals surface area (Å²) in [5.41, 5.74) is 7.74. The number of hydrogen-bond acceptors (Lipinski definition) is 3. The number of nitrogens with two attached hydrogens (primary N) is 1. The molecule has 1 amide bonds. The summed E-state index contributed by atoms with van der Waals surface area (Å²) in [6.07, 6.45) is 0.309. The molecular weight excluding hydrogens is 316 g/mol. The van der Waals surface area contributed by atoms with Gasteiger partial charge in [0.25, 0.3) is 0 Å². The molecule has 2 aromatic rings. The van der Waals surface area contributed by atoms with E-state index in [0.717, 1.165) is 17.0 Å². The third-order valence-corrected chi connectivity index (χ3v) is 3.64. The largest absolute Gasteiger partial charge is 0.497 e. The zero-order valence-corrected chi connectivity index (χ0v) is 14.6. The number of carbonyl (C=O) groups excluding carboxylic acids is 1. The highest BCUT2D eigenvalue weighted by molar-refractivity contribution is 5.92. The van der Waals surface area contributed by atoms with Crippen LogP contribution in [0.5, 0.6) is 5.75 Å². The maximum absolute atomic E-state index is 12.1. The van der Waals surface area contributed by atoms with Crippen molar-refractivity contribution in [2.75, 3.05) is 26.0 Å². The first-order valence-corrected chi connectivity index (χ1v) is 8.07. The molecule has 0 saturated carbocycles. The minimum atomic E-state index is 0.0294. The summed E-state index contributed by atoms with van der Waals surface area (Å²) >= 11 is 0. The first-order valence-electron chi connectivity index (χ1n) is 8.07. The lowest BCUT2D eigenvalue weighted by Crippen LogP contribution is -2.27. The van der Waals surface area contributed by atoms with Gasteiger partial charge in [-0.2, -0.15) is 0 Å². The average Bonchev–Trinajstić information content (AvgIpc) is 2.62. The second kappa shape index (κ2) is 9.32. The van der Waals surface area contributed by atoms with Crippen molar-refractivity contribution in [3.05, 3.63) is 60.2 Å². The Labute approximate surface area is 148 Å². The van der Waals surface area contributed by atoms with Gasteiger partial charge in [0.1, 0.15) is 5.75 Å². The molecule has 0 atom stereocenters. The number of methoxy groups -OCH3 is 1. The Hall–Kier alpha value is -3.02. The number of ether oxygens (including phenoxy) is 1. The van der Waals surface area contributed by atoms with Gasteiger partial charge in [0.15, 0.2) is 5.96 Å². The fourth-order valence-electron chi connectivity index (χ4n) is 2.30. The van der Waals surface area contributed by atoms with Crippen molar-refractivity contribution in [2.24, 2.45) is 10.7 Å². The van der Waals surface area contributed by atoms with Gasteiger partial charge in [0, 0.05) is 31.8 Å². The van der Waals surface area contributed by atoms with Gasteiger partial charge in [-0.1, -0.05) is 36.4 Å². The Morgan fingerprint density at radius 3 is 2.68 bits per heavy atom. The van der Waals surface area contributed by atoms with E-state index in [4.69, 9.17) is 10.5 Å². The Balaban J connectivity index is 1.79. The topological polar surface area (TPSA) is 80.0 Å². The van der Waals surface area contributed by atoms with Gasteiger partial charge >= 0.3 is 0 Å². The Bertz CT molecular complexity index is 716. The van der Waals surface area contributed by atoms with Crippen LogP contribution >= 0.6 is 0 Å². The lowest BCUT2D eigenvalue weighted by molar-refractivity contribution is -0.130. The number of hydrogen-bond donors (Lipinski definition) is 2. The van der Waals surface area contributed by atoms with E-state index in [1.54, 1.807) is 19.1 Å². The van der Waals surface area contributed by atoms with Crippen molar-refractivity contribution in [3.63, 3.8) is 0 Å². The van der Waals surface area contributed by atoms with Crippen molar-refractivity contribution < 1.29 is 9.53 Å². The van der Waals surface area contributed by atoms with Crippen LogP contribution in [-0.2, 0) is 11.3 Å². The van der Waals surface area contributed by atoms with Crippen LogP contribution in [0.15, 0.2) is 59.6 Å². The van der Waals surface area contributed by atoms with E-state index in [9.17, 15) is 4.79 Å². The molecule has 2 rings (SSSR count). The maximum Gasteiger partial charge on any atom is 0.224 e. The number of aliphatic imine (C=N–C) groups is 1. The number of nitrogens with one attached hydrogen (secondary N) is 1. The molecule has 6 nitrogen and oxygen atoms in total. The first-order chi connectivity index (χ1) is 12.1. The van der Waals surface area contributed by atoms with E-state index < -0.39 is 0 Å². The van der Waals surface area contributed by atoms with Crippen LogP contribution in [0, 0.1) is 0 Å². The van der Waals surface area contributed by atoms with E-state index >= 15 is 0 Å². The van der Waals surface area contributed by atoms with Crippen LogP contribution in [0.1, 0.15) is 12.0 Å². The number of anilines is 1. The number of benzene rings is 2. The molecule has 0 aliphatic rings. The van der Waals surface area contributed by atoms with Crippen LogP contribution in [0.25, 0.3) is 0 Å². The number of nitrogens with zero attached hydrogens (tertiary/aromatic N) is 2. The Morgan fingerprint density at radius 1 is 1.20 bits per heavy atom. The van der Waals surface area contributed by atoms with Gasteiger partial charge in [0.2, 0.25) is 5.91 Å².